The van der Waals surface area contributed by atoms with Crippen LogP contribution in [0.3, 0.4) is 0 Å². The van der Waals surface area contributed by atoms with Gasteiger partial charge in [-0.2, -0.15) is 0 Å². The number of nitrogens with two attached hydrogens (primary N) is 2. The van der Waals surface area contributed by atoms with E-state index >= 15 is 0 Å². The number of carbonyl (C=O) groups is 3. The molecule has 160 valence electrons. The van der Waals surface area contributed by atoms with Crippen molar-refractivity contribution in [3.05, 3.63) is 30.2 Å². The number of carboxylic acids is 1. The number of hydrogen-bond acceptors (Lipinski definition) is 5. The topological polar surface area (TPSA) is 177 Å². The van der Waals surface area contributed by atoms with E-state index in [1.165, 1.54) is 18.4 Å². The number of carbonyl (C=O) groups excluding carboxylic acids is 3. The van der Waals surface area contributed by atoms with E-state index in [1.807, 2.05) is 13.8 Å². The van der Waals surface area contributed by atoms with E-state index in [2.05, 4.69) is 15.6 Å². The summed E-state index contributed by atoms with van der Waals surface area (Å²) >= 11 is 0. The van der Waals surface area contributed by atoms with Gasteiger partial charge in [-0.1, -0.05) is 13.8 Å². The fraction of sp³-hybridized carbons (Fsp3) is 0.474. The summed E-state index contributed by atoms with van der Waals surface area (Å²) < 4.78 is 5.10. The summed E-state index contributed by atoms with van der Waals surface area (Å²) in [7, 11) is 0. The summed E-state index contributed by atoms with van der Waals surface area (Å²) in [5, 5.41) is 16.3. The maximum absolute atomic E-state index is 12.6. The second kappa shape index (κ2) is 12.2. The van der Waals surface area contributed by atoms with Gasteiger partial charge in [0.2, 0.25) is 11.8 Å². The molecule has 1 aromatic rings. The second-order valence-electron chi connectivity index (χ2n) is 6.94. The normalized spacial score (nSPS) is 13.1. The minimum atomic E-state index is -1.37. The standard InChI is InChI=1S/C19H29N5O5/c1-12(2)11-15(18(27)28)24-17(26)14(6-3-9-22-19(20)21)23-16(25)8-7-13-5-4-10-29-13/h4-5,7-8,10,12,14-15H,3,6,9,11H2,1-2H3,(H,23,25)(H,24,26)(H,27,28)(H4,20,21,22)/b8-7+/t14-,15-/m0/s1. The van der Waals surface area contributed by atoms with Crippen molar-refractivity contribution in [2.24, 2.45) is 17.4 Å². The number of carboxylic acid groups (broad SMARTS) is 1. The van der Waals surface area contributed by atoms with E-state index in [1.54, 1.807) is 12.1 Å². The predicted octanol–water partition coefficient (Wildman–Crippen LogP) is -2.81. The van der Waals surface area contributed by atoms with Crippen molar-refractivity contribution in [2.45, 2.75) is 45.2 Å². The molecule has 0 radical (unpaired) electrons. The van der Waals surface area contributed by atoms with Gasteiger partial charge in [0.05, 0.1) is 24.8 Å². The van der Waals surface area contributed by atoms with Crippen LogP contribution in [0, 0.1) is 5.92 Å². The summed E-state index contributed by atoms with van der Waals surface area (Å²) in [4.78, 5) is 38.8. The first kappa shape index (κ1) is 23.7. The molecule has 0 fully saturated rings. The Hall–Kier alpha value is -3.30. The van der Waals surface area contributed by atoms with Crippen LogP contribution in [0.15, 0.2) is 28.9 Å². The van der Waals surface area contributed by atoms with Crippen LogP contribution in [0.5, 0.6) is 0 Å². The molecule has 0 aliphatic heterocycles. The summed E-state index contributed by atoms with van der Waals surface area (Å²) in [6.07, 6.45) is 5.07. The predicted molar refractivity (Wildman–Crippen MR) is 105 cm³/mol. The molecule has 1 rings (SSSR count). The molecule has 0 aliphatic carbocycles. The highest BCUT2D eigenvalue weighted by molar-refractivity contribution is 5.96. The van der Waals surface area contributed by atoms with Crippen molar-refractivity contribution in [1.82, 2.24) is 10.6 Å². The minimum Gasteiger partial charge on any atom is -0.548 e. The maximum Gasteiger partial charge on any atom is 0.338 e. The average molecular weight is 407 g/mol. The van der Waals surface area contributed by atoms with E-state index in [0.717, 1.165) is 0 Å². The van der Waals surface area contributed by atoms with Gasteiger partial charge >= 0.3 is 5.96 Å². The molecule has 0 aromatic carbocycles. The molecule has 1 heterocycles. The Bertz CT molecular complexity index is 723. The number of rotatable bonds is 12. The number of furan rings is 1. The molecule has 1 aromatic heterocycles. The number of guanidine groups is 1. The van der Waals surface area contributed by atoms with Gasteiger partial charge in [-0.05, 0) is 43.4 Å². The van der Waals surface area contributed by atoms with Crippen LogP contribution < -0.4 is 32.2 Å². The number of amides is 2. The highest BCUT2D eigenvalue weighted by Crippen LogP contribution is 2.06. The highest BCUT2D eigenvalue weighted by Gasteiger charge is 2.23. The maximum atomic E-state index is 12.6. The molecule has 2 amide bonds. The van der Waals surface area contributed by atoms with Gasteiger partial charge in [-0.25, -0.2) is 0 Å². The van der Waals surface area contributed by atoms with Crippen LogP contribution in [0.2, 0.25) is 0 Å². The lowest BCUT2D eigenvalue weighted by Crippen LogP contribution is -2.78. The monoisotopic (exact) mass is 407 g/mol. The summed E-state index contributed by atoms with van der Waals surface area (Å²) in [6.45, 7) is 4.06. The zero-order chi connectivity index (χ0) is 21.8. The molecule has 0 aliphatic rings. The largest absolute Gasteiger partial charge is 0.548 e. The molecule has 10 nitrogen and oxygen atoms in total. The van der Waals surface area contributed by atoms with Crippen molar-refractivity contribution >= 4 is 29.8 Å². The average Bonchev–Trinajstić information content (AvgIpc) is 3.14. The third kappa shape index (κ3) is 9.99. The zero-order valence-corrected chi connectivity index (χ0v) is 16.6. The lowest BCUT2D eigenvalue weighted by Gasteiger charge is -2.25. The third-order valence-electron chi connectivity index (χ3n) is 3.88. The van der Waals surface area contributed by atoms with Gasteiger partial charge in [0, 0.05) is 6.08 Å². The Morgan fingerprint density at radius 2 is 1.97 bits per heavy atom. The van der Waals surface area contributed by atoms with Crippen LogP contribution in [0.1, 0.15) is 38.9 Å². The first-order chi connectivity index (χ1) is 13.7. The Morgan fingerprint density at radius 3 is 2.52 bits per heavy atom. The molecule has 10 heteroatoms. The fourth-order valence-corrected chi connectivity index (χ4v) is 2.53. The number of hydrogen-bond donors (Lipinski definition) is 5. The molecule has 29 heavy (non-hydrogen) atoms. The molecule has 0 saturated carbocycles. The summed E-state index contributed by atoms with van der Waals surface area (Å²) in [5.41, 5.74) is 10.7. The van der Waals surface area contributed by atoms with Crippen molar-refractivity contribution in [3.8, 4) is 0 Å². The molecule has 7 N–H and O–H groups in total. The minimum absolute atomic E-state index is 0.0368. The third-order valence-corrected chi connectivity index (χ3v) is 3.88. The molecule has 0 bridgehead atoms. The van der Waals surface area contributed by atoms with Crippen molar-refractivity contribution in [1.29, 1.82) is 0 Å². The first-order valence-corrected chi connectivity index (χ1v) is 9.34. The fourth-order valence-electron chi connectivity index (χ4n) is 2.53. The summed E-state index contributed by atoms with van der Waals surface area (Å²) in [6, 6.07) is 1.25. The first-order valence-electron chi connectivity index (χ1n) is 9.34. The van der Waals surface area contributed by atoms with Crippen LogP contribution in [-0.4, -0.2) is 42.4 Å². The molecular formula is C19H29N5O5. The van der Waals surface area contributed by atoms with Gasteiger partial charge < -0.3 is 25.0 Å². The van der Waals surface area contributed by atoms with Crippen LogP contribution in [0.4, 0.5) is 0 Å². The van der Waals surface area contributed by atoms with Crippen LogP contribution in [0.25, 0.3) is 6.08 Å². The highest BCUT2D eigenvalue weighted by atomic mass is 16.4. The molecule has 2 atom stereocenters. The SMILES string of the molecule is CC(C)C[C@H](NC(=O)[C@H](CCC[NH+]=C(N)N)NC(=O)/C=C/c1ccco1)C(=O)[O-]. The molecule has 0 saturated heterocycles. The Balaban J connectivity index is 2.79. The molecule has 0 spiro atoms. The van der Waals surface area contributed by atoms with E-state index in [4.69, 9.17) is 15.9 Å². The van der Waals surface area contributed by atoms with Gasteiger partial charge in [0.25, 0.3) is 0 Å². The van der Waals surface area contributed by atoms with Gasteiger partial charge in [-0.15, -0.1) is 0 Å². The Labute approximate surface area is 169 Å². The number of nitrogens with one attached hydrogen (secondary N) is 3. The second-order valence-corrected chi connectivity index (χ2v) is 6.94. The van der Waals surface area contributed by atoms with Gasteiger partial charge in [0.15, 0.2) is 0 Å². The van der Waals surface area contributed by atoms with Crippen molar-refractivity contribution in [3.63, 3.8) is 0 Å². The molecule has 0 unspecified atom stereocenters. The van der Waals surface area contributed by atoms with Crippen LogP contribution in [-0.2, 0) is 14.4 Å². The summed E-state index contributed by atoms with van der Waals surface area (Å²) in [5.74, 6) is -1.94. The van der Waals surface area contributed by atoms with E-state index in [9.17, 15) is 19.5 Å². The van der Waals surface area contributed by atoms with E-state index in [0.29, 0.717) is 18.7 Å². The van der Waals surface area contributed by atoms with Gasteiger partial charge in [0.1, 0.15) is 11.8 Å². The van der Waals surface area contributed by atoms with Crippen molar-refractivity contribution < 1.29 is 28.9 Å². The number of aliphatic carboxylic acids is 1. The van der Waals surface area contributed by atoms with E-state index in [-0.39, 0.29) is 24.7 Å². The smallest absolute Gasteiger partial charge is 0.338 e. The van der Waals surface area contributed by atoms with Gasteiger partial charge in [-0.3, -0.25) is 26.0 Å². The Kier molecular flexibility index (Phi) is 10.00. The van der Waals surface area contributed by atoms with Crippen molar-refractivity contribution in [2.75, 3.05) is 6.54 Å². The van der Waals surface area contributed by atoms with E-state index < -0.39 is 29.9 Å². The molecular weight excluding hydrogens is 378 g/mol. The van der Waals surface area contributed by atoms with Crippen LogP contribution >= 0.6 is 0 Å². The lowest BCUT2D eigenvalue weighted by atomic mass is 10.0. The zero-order valence-electron chi connectivity index (χ0n) is 16.6. The quantitative estimate of drug-likeness (QED) is 0.107. The Morgan fingerprint density at radius 1 is 1.24 bits per heavy atom. The lowest BCUT2D eigenvalue weighted by molar-refractivity contribution is -0.459.